The number of ether oxygens (including phenoxy) is 3. The van der Waals surface area contributed by atoms with Gasteiger partial charge < -0.3 is 19.1 Å². The van der Waals surface area contributed by atoms with Gasteiger partial charge in [0.15, 0.2) is 11.5 Å². The van der Waals surface area contributed by atoms with Gasteiger partial charge in [0.1, 0.15) is 5.75 Å². The Morgan fingerprint density at radius 2 is 1.65 bits per heavy atom. The number of amides is 1. The number of benzene rings is 1. The van der Waals surface area contributed by atoms with Crippen molar-refractivity contribution in [3.63, 3.8) is 0 Å². The van der Waals surface area contributed by atoms with Crippen molar-refractivity contribution in [2.45, 2.75) is 6.42 Å². The van der Waals surface area contributed by atoms with Crippen molar-refractivity contribution in [2.24, 2.45) is 0 Å². The van der Waals surface area contributed by atoms with Gasteiger partial charge >= 0.3 is 0 Å². The Labute approximate surface area is 127 Å². The first-order valence-electron chi connectivity index (χ1n) is 6.20. The minimum Gasteiger partial charge on any atom is -0.496 e. The molecule has 0 aliphatic heterocycles. The molecule has 0 saturated carbocycles. The number of methoxy groups -OCH3 is 3. The third-order valence-corrected chi connectivity index (χ3v) is 3.47. The summed E-state index contributed by atoms with van der Waals surface area (Å²) in [5.41, 5.74) is 0.460. The molecule has 0 aliphatic rings. The van der Waals surface area contributed by atoms with Crippen molar-refractivity contribution in [1.82, 2.24) is 4.90 Å². The van der Waals surface area contributed by atoms with E-state index >= 15 is 0 Å². The molecule has 0 bridgehead atoms. The van der Waals surface area contributed by atoms with E-state index in [2.05, 4.69) is 15.9 Å². The van der Waals surface area contributed by atoms with Crippen LogP contribution in [0.5, 0.6) is 17.2 Å². The van der Waals surface area contributed by atoms with E-state index in [1.165, 1.54) is 14.2 Å². The molecule has 0 saturated heterocycles. The molecule has 1 aromatic rings. The number of halogens is 1. The summed E-state index contributed by atoms with van der Waals surface area (Å²) < 4.78 is 15.7. The fourth-order valence-corrected chi connectivity index (χ4v) is 2.05. The summed E-state index contributed by atoms with van der Waals surface area (Å²) in [4.78, 5) is 14.1. The average Bonchev–Trinajstić information content (AvgIpc) is 2.50. The van der Waals surface area contributed by atoms with E-state index in [1.54, 1.807) is 31.2 Å². The van der Waals surface area contributed by atoms with Gasteiger partial charge in [-0.3, -0.25) is 4.79 Å². The van der Waals surface area contributed by atoms with E-state index < -0.39 is 0 Å². The first-order valence-corrected chi connectivity index (χ1v) is 7.32. The fourth-order valence-electron chi connectivity index (χ4n) is 1.80. The molecule has 0 spiro atoms. The zero-order valence-electron chi connectivity index (χ0n) is 12.2. The highest BCUT2D eigenvalue weighted by atomic mass is 79.9. The van der Waals surface area contributed by atoms with E-state index in [0.717, 1.165) is 11.8 Å². The van der Waals surface area contributed by atoms with Crippen molar-refractivity contribution in [3.05, 3.63) is 17.7 Å². The Morgan fingerprint density at radius 1 is 1.10 bits per heavy atom. The second-order valence-electron chi connectivity index (χ2n) is 4.18. The topological polar surface area (TPSA) is 48.0 Å². The van der Waals surface area contributed by atoms with E-state index in [-0.39, 0.29) is 5.91 Å². The molecule has 1 aromatic carbocycles. The molecular formula is C14H20BrNO4. The Kier molecular flexibility index (Phi) is 6.64. The number of alkyl halides is 1. The van der Waals surface area contributed by atoms with Gasteiger partial charge in [0.25, 0.3) is 5.91 Å². The normalized spacial score (nSPS) is 10.1. The lowest BCUT2D eigenvalue weighted by molar-refractivity contribution is 0.0792. The zero-order valence-corrected chi connectivity index (χ0v) is 13.8. The monoisotopic (exact) mass is 345 g/mol. The Balaban J connectivity index is 3.12. The smallest absolute Gasteiger partial charge is 0.257 e. The predicted molar refractivity (Wildman–Crippen MR) is 81.5 cm³/mol. The highest BCUT2D eigenvalue weighted by Crippen LogP contribution is 2.35. The van der Waals surface area contributed by atoms with E-state index in [1.807, 2.05) is 0 Å². The lowest BCUT2D eigenvalue weighted by Crippen LogP contribution is -2.28. The van der Waals surface area contributed by atoms with E-state index in [9.17, 15) is 4.79 Å². The van der Waals surface area contributed by atoms with Crippen LogP contribution in [0, 0.1) is 0 Å². The fraction of sp³-hybridized carbons (Fsp3) is 0.500. The molecule has 1 amide bonds. The summed E-state index contributed by atoms with van der Waals surface area (Å²) in [7, 11) is 6.37. The lowest BCUT2D eigenvalue weighted by Gasteiger charge is -2.19. The SMILES string of the molecule is COc1cc(OC)c(C(=O)N(C)CCCBr)cc1OC. The van der Waals surface area contributed by atoms with Crippen LogP contribution in [-0.2, 0) is 0 Å². The third-order valence-electron chi connectivity index (χ3n) is 2.91. The van der Waals surface area contributed by atoms with Crippen LogP contribution in [0.2, 0.25) is 0 Å². The number of carbonyl (C=O) groups is 1. The molecule has 0 fully saturated rings. The van der Waals surface area contributed by atoms with Gasteiger partial charge in [-0.1, -0.05) is 15.9 Å². The maximum Gasteiger partial charge on any atom is 0.257 e. The van der Waals surface area contributed by atoms with Gasteiger partial charge in [-0.2, -0.15) is 0 Å². The van der Waals surface area contributed by atoms with Crippen molar-refractivity contribution < 1.29 is 19.0 Å². The largest absolute Gasteiger partial charge is 0.496 e. The van der Waals surface area contributed by atoms with E-state index in [4.69, 9.17) is 14.2 Å². The molecule has 112 valence electrons. The molecule has 6 heteroatoms. The van der Waals surface area contributed by atoms with Crippen molar-refractivity contribution in [3.8, 4) is 17.2 Å². The minimum absolute atomic E-state index is 0.108. The van der Waals surface area contributed by atoms with Crippen LogP contribution in [0.4, 0.5) is 0 Å². The first-order chi connectivity index (χ1) is 9.58. The molecule has 0 N–H and O–H groups in total. The van der Waals surface area contributed by atoms with Gasteiger partial charge in [-0.05, 0) is 6.42 Å². The highest BCUT2D eigenvalue weighted by Gasteiger charge is 2.20. The van der Waals surface area contributed by atoms with Gasteiger partial charge in [-0.25, -0.2) is 0 Å². The maximum absolute atomic E-state index is 12.4. The Morgan fingerprint density at radius 3 is 2.15 bits per heavy atom. The first kappa shape index (κ1) is 16.6. The van der Waals surface area contributed by atoms with Crippen LogP contribution in [0.15, 0.2) is 12.1 Å². The third kappa shape index (κ3) is 3.79. The molecule has 0 aromatic heterocycles. The molecule has 1 rings (SSSR count). The molecule has 0 unspecified atom stereocenters. The van der Waals surface area contributed by atoms with Crippen molar-refractivity contribution >= 4 is 21.8 Å². The summed E-state index contributed by atoms with van der Waals surface area (Å²) in [6.45, 7) is 0.668. The minimum atomic E-state index is -0.108. The predicted octanol–water partition coefficient (Wildman–Crippen LogP) is 2.57. The number of rotatable bonds is 7. The quantitative estimate of drug-likeness (QED) is 0.712. The molecule has 5 nitrogen and oxygen atoms in total. The summed E-state index contributed by atoms with van der Waals surface area (Å²) in [6, 6.07) is 3.30. The van der Waals surface area contributed by atoms with Crippen LogP contribution in [0.1, 0.15) is 16.8 Å². The summed E-state index contributed by atoms with van der Waals surface area (Å²) in [6.07, 6.45) is 0.887. The van der Waals surface area contributed by atoms with Gasteiger partial charge in [0, 0.05) is 31.1 Å². The maximum atomic E-state index is 12.4. The Hall–Kier alpha value is -1.43. The van der Waals surface area contributed by atoms with Gasteiger partial charge in [0.05, 0.1) is 26.9 Å². The molecule has 0 atom stereocenters. The molecule has 0 radical (unpaired) electrons. The Bertz CT molecular complexity index is 465. The molecule has 0 heterocycles. The standard InChI is InChI=1S/C14H20BrNO4/c1-16(7-5-6-15)14(17)10-8-12(19-3)13(20-4)9-11(10)18-2/h8-9H,5-7H2,1-4H3. The van der Waals surface area contributed by atoms with Gasteiger partial charge in [0.2, 0.25) is 0 Å². The second kappa shape index (κ2) is 7.99. The second-order valence-corrected chi connectivity index (χ2v) is 4.97. The lowest BCUT2D eigenvalue weighted by atomic mass is 10.1. The van der Waals surface area contributed by atoms with Crippen molar-refractivity contribution in [1.29, 1.82) is 0 Å². The van der Waals surface area contributed by atoms with Crippen LogP contribution < -0.4 is 14.2 Å². The number of hydrogen-bond donors (Lipinski definition) is 0. The van der Waals surface area contributed by atoms with Crippen LogP contribution >= 0.6 is 15.9 Å². The molecule has 0 aliphatic carbocycles. The average molecular weight is 346 g/mol. The molecular weight excluding hydrogens is 326 g/mol. The highest BCUT2D eigenvalue weighted by molar-refractivity contribution is 9.09. The zero-order chi connectivity index (χ0) is 15.1. The van der Waals surface area contributed by atoms with Gasteiger partial charge in [-0.15, -0.1) is 0 Å². The van der Waals surface area contributed by atoms with Crippen LogP contribution in [-0.4, -0.2) is 51.1 Å². The van der Waals surface area contributed by atoms with Crippen LogP contribution in [0.3, 0.4) is 0 Å². The van der Waals surface area contributed by atoms with E-state index in [0.29, 0.717) is 29.4 Å². The van der Waals surface area contributed by atoms with Crippen LogP contribution in [0.25, 0.3) is 0 Å². The number of hydrogen-bond acceptors (Lipinski definition) is 4. The summed E-state index contributed by atoms with van der Waals surface area (Å²) in [5.74, 6) is 1.40. The summed E-state index contributed by atoms with van der Waals surface area (Å²) >= 11 is 3.35. The number of nitrogens with zero attached hydrogens (tertiary/aromatic N) is 1. The molecule has 20 heavy (non-hydrogen) atoms. The number of carbonyl (C=O) groups excluding carboxylic acids is 1. The van der Waals surface area contributed by atoms with Crippen molar-refractivity contribution in [2.75, 3.05) is 40.3 Å². The summed E-state index contributed by atoms with van der Waals surface area (Å²) in [5, 5.41) is 0.855.